The van der Waals surface area contributed by atoms with Crippen LogP contribution in [0.3, 0.4) is 0 Å². The molecular weight excluding hydrogens is 711 g/mol. The lowest BCUT2D eigenvalue weighted by Gasteiger charge is -2.18. The molecule has 0 aliphatic carbocycles. The zero-order valence-corrected chi connectivity index (χ0v) is 35.7. The van der Waals surface area contributed by atoms with Gasteiger partial charge in [-0.15, -0.1) is 0 Å². The third-order valence-electron chi connectivity index (χ3n) is 9.00. The average molecular weight is 791 g/mol. The van der Waals surface area contributed by atoms with Gasteiger partial charge in [0.2, 0.25) is 0 Å². The van der Waals surface area contributed by atoms with E-state index in [-0.39, 0.29) is 19.4 Å². The lowest BCUT2D eigenvalue weighted by atomic mass is 10.0. The fraction of sp³-hybridized carbons (Fsp3) is 0.696. The van der Waals surface area contributed by atoms with Crippen molar-refractivity contribution in [3.63, 3.8) is 0 Å². The Bertz CT molecular complexity index is 1120. The highest BCUT2D eigenvalue weighted by Gasteiger charge is 2.22. The zero-order valence-electron chi connectivity index (χ0n) is 34.8. The number of hydrogen-bond donors (Lipinski definition) is 2. The summed E-state index contributed by atoms with van der Waals surface area (Å²) >= 11 is 0. The van der Waals surface area contributed by atoms with E-state index < -0.39 is 32.5 Å². The van der Waals surface area contributed by atoms with Gasteiger partial charge < -0.3 is 19.3 Å². The van der Waals surface area contributed by atoms with E-state index in [4.69, 9.17) is 19.3 Å². The molecule has 0 aromatic carbocycles. The van der Waals surface area contributed by atoms with Gasteiger partial charge in [-0.25, -0.2) is 4.57 Å². The number of phosphoric acid groups is 1. The SMILES string of the molecule is CC/C=C/C/C=C/C/C=C/C/C=C/C/C=C/C/C=C/CCC(=O)OC[C@H](COP(=O)(O)O)OC(=O)CCCCCCCCCCCCCCCCCCCC. The van der Waals surface area contributed by atoms with Gasteiger partial charge in [-0.3, -0.25) is 14.1 Å². The number of hydrogen-bond acceptors (Lipinski definition) is 6. The van der Waals surface area contributed by atoms with Gasteiger partial charge in [-0.05, 0) is 51.4 Å². The summed E-state index contributed by atoms with van der Waals surface area (Å²) in [6.45, 7) is 3.52. The third kappa shape index (κ3) is 44.1. The van der Waals surface area contributed by atoms with Gasteiger partial charge in [0, 0.05) is 12.8 Å². The van der Waals surface area contributed by atoms with Crippen LogP contribution in [0.1, 0.15) is 187 Å². The number of ether oxygens (including phenoxy) is 2. The molecule has 0 amide bonds. The Morgan fingerprint density at radius 1 is 0.491 bits per heavy atom. The van der Waals surface area contributed by atoms with E-state index in [1.54, 1.807) is 0 Å². The monoisotopic (exact) mass is 791 g/mol. The first kappa shape index (κ1) is 52.5. The van der Waals surface area contributed by atoms with Gasteiger partial charge in [0.05, 0.1) is 6.61 Å². The molecule has 0 heterocycles. The van der Waals surface area contributed by atoms with Gasteiger partial charge >= 0.3 is 19.8 Å². The first-order valence-electron chi connectivity index (χ1n) is 21.7. The molecule has 0 saturated heterocycles. The van der Waals surface area contributed by atoms with Gasteiger partial charge in [0.1, 0.15) is 6.61 Å². The van der Waals surface area contributed by atoms with Crippen LogP contribution in [0.2, 0.25) is 0 Å². The third-order valence-corrected chi connectivity index (χ3v) is 9.49. The molecule has 0 fully saturated rings. The molecule has 0 saturated carbocycles. The maximum atomic E-state index is 12.4. The summed E-state index contributed by atoms with van der Waals surface area (Å²) in [7, 11) is -4.77. The molecule has 0 bridgehead atoms. The summed E-state index contributed by atoms with van der Waals surface area (Å²) in [4.78, 5) is 42.9. The van der Waals surface area contributed by atoms with Gasteiger partial charge in [-0.2, -0.15) is 0 Å². The Morgan fingerprint density at radius 2 is 0.873 bits per heavy atom. The lowest BCUT2D eigenvalue weighted by Crippen LogP contribution is -2.29. The van der Waals surface area contributed by atoms with Crippen molar-refractivity contribution in [1.29, 1.82) is 0 Å². The number of allylic oxidation sites excluding steroid dienone is 12. The number of rotatable bonds is 39. The van der Waals surface area contributed by atoms with Crippen LogP contribution >= 0.6 is 7.82 Å². The molecule has 9 heteroatoms. The second kappa shape index (κ2) is 41.1. The topological polar surface area (TPSA) is 119 Å². The van der Waals surface area contributed by atoms with Gasteiger partial charge in [-0.1, -0.05) is 196 Å². The van der Waals surface area contributed by atoms with E-state index >= 15 is 0 Å². The Labute approximate surface area is 336 Å². The van der Waals surface area contributed by atoms with Crippen LogP contribution in [0, 0.1) is 0 Å². The molecule has 2 N–H and O–H groups in total. The molecular formula is C46H79O8P. The Hall–Kier alpha value is -2.51. The second-order valence-corrected chi connectivity index (χ2v) is 15.5. The predicted octanol–water partition coefficient (Wildman–Crippen LogP) is 13.5. The van der Waals surface area contributed by atoms with Crippen molar-refractivity contribution >= 4 is 19.8 Å². The van der Waals surface area contributed by atoms with Crippen molar-refractivity contribution in [1.82, 2.24) is 0 Å². The van der Waals surface area contributed by atoms with Crippen molar-refractivity contribution in [2.24, 2.45) is 0 Å². The molecule has 0 rings (SSSR count). The molecule has 1 atom stereocenters. The van der Waals surface area contributed by atoms with Gasteiger partial charge in [0.25, 0.3) is 0 Å². The Balaban J connectivity index is 4.02. The molecule has 0 radical (unpaired) electrons. The van der Waals surface area contributed by atoms with E-state index in [9.17, 15) is 14.2 Å². The fourth-order valence-corrected chi connectivity index (χ4v) is 6.17. The molecule has 55 heavy (non-hydrogen) atoms. The summed E-state index contributed by atoms with van der Waals surface area (Å²) in [5.41, 5.74) is 0. The van der Waals surface area contributed by atoms with E-state index in [1.165, 1.54) is 89.9 Å². The molecule has 0 spiro atoms. The summed E-state index contributed by atoms with van der Waals surface area (Å²) < 4.78 is 26.3. The highest BCUT2D eigenvalue weighted by atomic mass is 31.2. The summed E-state index contributed by atoms with van der Waals surface area (Å²) in [6, 6.07) is 0. The normalized spacial score (nSPS) is 13.2. The molecule has 0 aliphatic rings. The highest BCUT2D eigenvalue weighted by molar-refractivity contribution is 7.46. The molecule has 0 aliphatic heterocycles. The van der Waals surface area contributed by atoms with Gasteiger partial charge in [0.15, 0.2) is 6.10 Å². The van der Waals surface area contributed by atoms with E-state index in [1.807, 2.05) is 12.2 Å². The van der Waals surface area contributed by atoms with Crippen LogP contribution in [-0.4, -0.2) is 41.0 Å². The minimum absolute atomic E-state index is 0.140. The fourth-order valence-electron chi connectivity index (χ4n) is 5.81. The minimum atomic E-state index is -4.77. The number of esters is 2. The maximum absolute atomic E-state index is 12.4. The van der Waals surface area contributed by atoms with Crippen molar-refractivity contribution in [2.75, 3.05) is 13.2 Å². The van der Waals surface area contributed by atoms with Crippen LogP contribution in [0.25, 0.3) is 0 Å². The zero-order chi connectivity index (χ0) is 40.3. The minimum Gasteiger partial charge on any atom is -0.462 e. The Kier molecular flexibility index (Phi) is 39.3. The second-order valence-electron chi connectivity index (χ2n) is 14.3. The molecule has 316 valence electrons. The number of carbonyl (C=O) groups is 2. The first-order chi connectivity index (χ1) is 26.8. The van der Waals surface area contributed by atoms with Crippen LogP contribution in [0.15, 0.2) is 72.9 Å². The van der Waals surface area contributed by atoms with Crippen LogP contribution < -0.4 is 0 Å². The quantitative estimate of drug-likeness (QED) is 0.0273. The number of phosphoric ester groups is 1. The lowest BCUT2D eigenvalue weighted by molar-refractivity contribution is -0.161. The van der Waals surface area contributed by atoms with E-state index in [0.717, 1.165) is 57.8 Å². The van der Waals surface area contributed by atoms with E-state index in [0.29, 0.717) is 12.8 Å². The van der Waals surface area contributed by atoms with Crippen LogP contribution in [0.4, 0.5) is 0 Å². The van der Waals surface area contributed by atoms with Crippen molar-refractivity contribution in [3.05, 3.63) is 72.9 Å². The highest BCUT2D eigenvalue weighted by Crippen LogP contribution is 2.36. The molecule has 0 aromatic rings. The molecule has 8 nitrogen and oxygen atoms in total. The van der Waals surface area contributed by atoms with Crippen molar-refractivity contribution < 1.29 is 37.9 Å². The van der Waals surface area contributed by atoms with Crippen LogP contribution in [0.5, 0.6) is 0 Å². The van der Waals surface area contributed by atoms with Crippen molar-refractivity contribution in [2.45, 2.75) is 193 Å². The summed E-state index contributed by atoms with van der Waals surface area (Å²) in [5.74, 6) is -0.981. The van der Waals surface area contributed by atoms with E-state index in [2.05, 4.69) is 79.1 Å². The largest absolute Gasteiger partial charge is 0.469 e. The number of carbonyl (C=O) groups excluding carboxylic acids is 2. The summed E-state index contributed by atoms with van der Waals surface area (Å²) in [6.07, 6.45) is 53.5. The van der Waals surface area contributed by atoms with Crippen molar-refractivity contribution in [3.8, 4) is 0 Å². The predicted molar refractivity (Wildman–Crippen MR) is 230 cm³/mol. The molecule has 0 unspecified atom stereocenters. The Morgan fingerprint density at radius 3 is 1.27 bits per heavy atom. The summed E-state index contributed by atoms with van der Waals surface area (Å²) in [5, 5.41) is 0. The first-order valence-corrected chi connectivity index (χ1v) is 23.3. The smallest absolute Gasteiger partial charge is 0.462 e. The molecule has 0 aromatic heterocycles. The standard InChI is InChI=1S/C46H79O8P/c1-3-5-7-9-11-13-15-17-19-21-23-25-26-28-30-32-34-36-38-40-45(47)52-42-44(43-53-55(49,50)51)54-46(48)41-39-37-35-33-31-29-27-24-22-20-18-16-14-12-10-8-6-4-2/h5,7,11,13,17,19,23,25,28,30,34,36,44H,3-4,6,8-10,12,14-16,18,20-22,24,26-27,29,31-33,35,37-43H2,1-2H3,(H2,49,50,51)/b7-5+,13-11+,19-17+,25-23+,30-28+,36-34+/t44-/m1/s1. The average Bonchev–Trinajstić information content (AvgIpc) is 3.16. The maximum Gasteiger partial charge on any atom is 0.469 e. The number of unbranched alkanes of at least 4 members (excludes halogenated alkanes) is 17. The van der Waals surface area contributed by atoms with Crippen LogP contribution in [-0.2, 0) is 28.2 Å².